The third-order valence-electron chi connectivity index (χ3n) is 3.33. The van der Waals surface area contributed by atoms with Crippen LogP contribution in [0.1, 0.15) is 11.1 Å². The largest absolute Gasteiger partial charge is 0.495 e. The second-order valence-corrected chi connectivity index (χ2v) is 5.09. The van der Waals surface area contributed by atoms with Crippen LogP contribution >= 0.6 is 11.6 Å². The topological polar surface area (TPSA) is 36.9 Å². The summed E-state index contributed by atoms with van der Waals surface area (Å²) in [5.74, 6) is 2.44. The third-order valence-corrected chi connectivity index (χ3v) is 3.63. The summed E-state index contributed by atoms with van der Waals surface area (Å²) in [6, 6.07) is 9.36. The summed E-state index contributed by atoms with van der Waals surface area (Å²) in [7, 11) is 6.35. The molecule has 0 aromatic heterocycles. The summed E-state index contributed by atoms with van der Waals surface area (Å²) in [6.07, 6.45) is 3.90. The van der Waals surface area contributed by atoms with Crippen LogP contribution in [0.2, 0.25) is 5.02 Å². The molecule has 0 N–H and O–H groups in total. The molecule has 0 saturated carbocycles. The number of hydrogen-bond acceptors (Lipinski definition) is 4. The summed E-state index contributed by atoms with van der Waals surface area (Å²) in [5, 5.41) is 0.569. The average Bonchev–Trinajstić information content (AvgIpc) is 2.58. The van der Waals surface area contributed by atoms with Gasteiger partial charge in [0.1, 0.15) is 5.75 Å². The van der Waals surface area contributed by atoms with Gasteiger partial charge in [0.25, 0.3) is 0 Å². The number of methoxy groups -OCH3 is 4. The van der Waals surface area contributed by atoms with Crippen LogP contribution in [0.15, 0.2) is 30.3 Å². The average molecular weight is 335 g/mol. The van der Waals surface area contributed by atoms with Crippen LogP contribution in [0.25, 0.3) is 12.2 Å². The quantitative estimate of drug-likeness (QED) is 0.726. The second kappa shape index (κ2) is 7.79. The van der Waals surface area contributed by atoms with Crippen molar-refractivity contribution in [2.75, 3.05) is 28.4 Å². The Bertz CT molecular complexity index is 685. The van der Waals surface area contributed by atoms with Crippen molar-refractivity contribution in [2.24, 2.45) is 0 Å². The molecule has 0 fully saturated rings. The van der Waals surface area contributed by atoms with E-state index in [0.29, 0.717) is 28.0 Å². The van der Waals surface area contributed by atoms with Crippen molar-refractivity contribution in [3.8, 4) is 23.0 Å². The molecule has 2 rings (SSSR count). The molecule has 0 saturated heterocycles. The number of benzene rings is 2. The van der Waals surface area contributed by atoms with Crippen molar-refractivity contribution < 1.29 is 18.9 Å². The van der Waals surface area contributed by atoms with E-state index in [1.807, 2.05) is 42.5 Å². The minimum atomic E-state index is 0.569. The summed E-state index contributed by atoms with van der Waals surface area (Å²) in [6.45, 7) is 0. The van der Waals surface area contributed by atoms with Gasteiger partial charge in [-0.3, -0.25) is 0 Å². The maximum absolute atomic E-state index is 6.13. The third kappa shape index (κ3) is 3.90. The Morgan fingerprint density at radius 3 is 1.74 bits per heavy atom. The smallest absolute Gasteiger partial charge is 0.203 e. The normalized spacial score (nSPS) is 10.7. The fourth-order valence-corrected chi connectivity index (χ4v) is 2.44. The van der Waals surface area contributed by atoms with E-state index in [2.05, 4.69) is 0 Å². The maximum atomic E-state index is 6.13. The van der Waals surface area contributed by atoms with Gasteiger partial charge >= 0.3 is 0 Å². The van der Waals surface area contributed by atoms with Gasteiger partial charge in [0.15, 0.2) is 11.5 Å². The van der Waals surface area contributed by atoms with Gasteiger partial charge in [-0.05, 0) is 35.4 Å². The highest BCUT2D eigenvalue weighted by molar-refractivity contribution is 6.32. The molecule has 0 amide bonds. The van der Waals surface area contributed by atoms with Crippen LogP contribution in [0.5, 0.6) is 23.0 Å². The fourth-order valence-electron chi connectivity index (χ4n) is 2.18. The molecule has 5 heteroatoms. The molecule has 23 heavy (non-hydrogen) atoms. The summed E-state index contributed by atoms with van der Waals surface area (Å²) in [4.78, 5) is 0. The minimum Gasteiger partial charge on any atom is -0.495 e. The molecule has 0 unspecified atom stereocenters. The van der Waals surface area contributed by atoms with E-state index in [0.717, 1.165) is 11.1 Å². The van der Waals surface area contributed by atoms with Crippen LogP contribution in [-0.4, -0.2) is 28.4 Å². The van der Waals surface area contributed by atoms with Gasteiger partial charge in [-0.15, -0.1) is 0 Å². The molecule has 0 bridgehead atoms. The molecule has 4 nitrogen and oxygen atoms in total. The van der Waals surface area contributed by atoms with Crippen LogP contribution in [-0.2, 0) is 0 Å². The van der Waals surface area contributed by atoms with E-state index < -0.39 is 0 Å². The number of halogens is 1. The van der Waals surface area contributed by atoms with E-state index >= 15 is 0 Å². The Kier molecular flexibility index (Phi) is 5.77. The second-order valence-electron chi connectivity index (χ2n) is 4.69. The molecule has 0 heterocycles. The van der Waals surface area contributed by atoms with Crippen molar-refractivity contribution in [3.05, 3.63) is 46.5 Å². The zero-order chi connectivity index (χ0) is 16.8. The van der Waals surface area contributed by atoms with Gasteiger partial charge in [0.2, 0.25) is 5.75 Å². The SMILES string of the molecule is COc1ccc(/C=C\c2cc(OC)c(OC)c(OC)c2)cc1Cl. The van der Waals surface area contributed by atoms with Gasteiger partial charge in [-0.1, -0.05) is 29.8 Å². The van der Waals surface area contributed by atoms with Gasteiger partial charge in [-0.25, -0.2) is 0 Å². The highest BCUT2D eigenvalue weighted by Gasteiger charge is 2.12. The molecule has 0 spiro atoms. The molecular formula is C18H19ClO4. The summed E-state index contributed by atoms with van der Waals surface area (Å²) >= 11 is 6.13. The molecule has 0 radical (unpaired) electrons. The molecule has 0 aliphatic heterocycles. The highest BCUT2D eigenvalue weighted by Crippen LogP contribution is 2.38. The molecular weight excluding hydrogens is 316 g/mol. The monoisotopic (exact) mass is 334 g/mol. The van der Waals surface area contributed by atoms with Crippen molar-refractivity contribution >= 4 is 23.8 Å². The lowest BCUT2D eigenvalue weighted by molar-refractivity contribution is 0.324. The van der Waals surface area contributed by atoms with Crippen LogP contribution in [0, 0.1) is 0 Å². The Hall–Kier alpha value is -2.33. The summed E-state index contributed by atoms with van der Waals surface area (Å²) in [5.41, 5.74) is 1.89. The molecule has 2 aromatic rings. The lowest BCUT2D eigenvalue weighted by Gasteiger charge is -2.12. The van der Waals surface area contributed by atoms with Crippen LogP contribution in [0.4, 0.5) is 0 Å². The Labute approximate surface area is 141 Å². The number of ether oxygens (including phenoxy) is 4. The van der Waals surface area contributed by atoms with Crippen LogP contribution in [0.3, 0.4) is 0 Å². The lowest BCUT2D eigenvalue weighted by Crippen LogP contribution is -1.95. The van der Waals surface area contributed by atoms with Crippen molar-refractivity contribution in [3.63, 3.8) is 0 Å². The minimum absolute atomic E-state index is 0.569. The van der Waals surface area contributed by atoms with E-state index in [9.17, 15) is 0 Å². The summed E-state index contributed by atoms with van der Waals surface area (Å²) < 4.78 is 21.1. The maximum Gasteiger partial charge on any atom is 0.203 e. The van der Waals surface area contributed by atoms with Gasteiger partial charge in [0.05, 0.1) is 33.5 Å². The standard InChI is InChI=1S/C18H19ClO4/c1-20-15-8-7-12(9-14(15)19)5-6-13-10-16(21-2)18(23-4)17(11-13)22-3/h5-11H,1-4H3/b6-5-. The first kappa shape index (κ1) is 17.0. The zero-order valence-corrected chi connectivity index (χ0v) is 14.3. The zero-order valence-electron chi connectivity index (χ0n) is 13.6. The van der Waals surface area contributed by atoms with E-state index in [4.69, 9.17) is 30.5 Å². The Morgan fingerprint density at radius 1 is 0.696 bits per heavy atom. The number of rotatable bonds is 6. The van der Waals surface area contributed by atoms with Crippen molar-refractivity contribution in [1.29, 1.82) is 0 Å². The van der Waals surface area contributed by atoms with E-state index in [1.54, 1.807) is 28.4 Å². The molecule has 0 atom stereocenters. The van der Waals surface area contributed by atoms with Crippen molar-refractivity contribution in [2.45, 2.75) is 0 Å². The fraction of sp³-hybridized carbons (Fsp3) is 0.222. The first-order chi connectivity index (χ1) is 11.1. The van der Waals surface area contributed by atoms with Gasteiger partial charge in [-0.2, -0.15) is 0 Å². The highest BCUT2D eigenvalue weighted by atomic mass is 35.5. The first-order valence-electron chi connectivity index (χ1n) is 6.94. The predicted molar refractivity (Wildman–Crippen MR) is 93.0 cm³/mol. The lowest BCUT2D eigenvalue weighted by atomic mass is 10.1. The van der Waals surface area contributed by atoms with Crippen molar-refractivity contribution in [1.82, 2.24) is 0 Å². The Morgan fingerprint density at radius 2 is 1.26 bits per heavy atom. The molecule has 0 aliphatic carbocycles. The molecule has 0 aliphatic rings. The van der Waals surface area contributed by atoms with E-state index in [-0.39, 0.29) is 0 Å². The molecule has 122 valence electrons. The van der Waals surface area contributed by atoms with Gasteiger partial charge < -0.3 is 18.9 Å². The molecule has 2 aromatic carbocycles. The Balaban J connectivity index is 2.34. The van der Waals surface area contributed by atoms with Gasteiger partial charge in [0, 0.05) is 0 Å². The first-order valence-corrected chi connectivity index (χ1v) is 7.32. The predicted octanol–water partition coefficient (Wildman–Crippen LogP) is 4.54. The van der Waals surface area contributed by atoms with E-state index in [1.165, 1.54) is 0 Å². The number of hydrogen-bond donors (Lipinski definition) is 0. The van der Waals surface area contributed by atoms with Crippen LogP contribution < -0.4 is 18.9 Å².